The predicted molar refractivity (Wildman–Crippen MR) is 93.2 cm³/mol. The van der Waals surface area contributed by atoms with Crippen molar-refractivity contribution in [1.29, 1.82) is 0 Å². The first-order valence-corrected chi connectivity index (χ1v) is 8.44. The normalized spacial score (nSPS) is 10.9. The molecule has 0 radical (unpaired) electrons. The monoisotopic (exact) mass is 396 g/mol. The van der Waals surface area contributed by atoms with E-state index in [2.05, 4.69) is 15.0 Å². The summed E-state index contributed by atoms with van der Waals surface area (Å²) in [7, 11) is 0. The van der Waals surface area contributed by atoms with Gasteiger partial charge in [0.05, 0.1) is 11.3 Å². The van der Waals surface area contributed by atoms with Gasteiger partial charge in [0.1, 0.15) is 17.4 Å². The smallest absolute Gasteiger partial charge is 0.387 e. The number of carbonyl (C=O) groups excluding carboxylic acids is 1. The number of nitrogens with zero attached hydrogens (tertiary/aromatic N) is 1. The maximum atomic E-state index is 13.7. The first kappa shape index (κ1) is 18.8. The molecule has 2 aromatic carbocycles. The minimum Gasteiger partial charge on any atom is -0.435 e. The first-order valence-electron chi connectivity index (χ1n) is 7.62. The van der Waals surface area contributed by atoms with Gasteiger partial charge in [0.25, 0.3) is 5.91 Å². The van der Waals surface area contributed by atoms with Crippen LogP contribution in [-0.2, 0) is 0 Å². The molecule has 1 heterocycles. The Morgan fingerprint density at radius 1 is 1.15 bits per heavy atom. The van der Waals surface area contributed by atoms with Gasteiger partial charge >= 0.3 is 6.61 Å². The zero-order chi connectivity index (χ0) is 19.6. The highest BCUT2D eigenvalue weighted by molar-refractivity contribution is 7.16. The number of aryl methyl sites for hydroxylation is 1. The summed E-state index contributed by atoms with van der Waals surface area (Å²) in [5, 5.41) is 2.70. The Morgan fingerprint density at radius 3 is 2.48 bits per heavy atom. The molecule has 0 aliphatic rings. The Hall–Kier alpha value is -2.94. The molecule has 0 unspecified atom stereocenters. The van der Waals surface area contributed by atoms with E-state index in [-0.39, 0.29) is 16.4 Å². The van der Waals surface area contributed by atoms with E-state index in [9.17, 15) is 22.4 Å². The second kappa shape index (κ2) is 7.75. The molecular weight excluding hydrogens is 384 g/mol. The Kier molecular flexibility index (Phi) is 5.41. The summed E-state index contributed by atoms with van der Waals surface area (Å²) in [5.41, 5.74) is 0.872. The number of amides is 1. The van der Waals surface area contributed by atoms with Crippen LogP contribution in [0, 0.1) is 18.6 Å². The zero-order valence-electron chi connectivity index (χ0n) is 13.8. The number of aromatic nitrogens is 1. The third kappa shape index (κ3) is 4.43. The molecule has 1 N–H and O–H groups in total. The van der Waals surface area contributed by atoms with Crippen LogP contribution in [0.2, 0.25) is 0 Å². The van der Waals surface area contributed by atoms with Gasteiger partial charge in [-0.2, -0.15) is 8.78 Å². The third-order valence-corrected chi connectivity index (χ3v) is 4.43. The lowest BCUT2D eigenvalue weighted by atomic mass is 10.1. The molecular formula is C18H12F4N2O2S. The predicted octanol–water partition coefficient (Wildman–Crippen LogP) is 5.25. The highest BCUT2D eigenvalue weighted by atomic mass is 32.1. The van der Waals surface area contributed by atoms with Gasteiger partial charge in [-0.15, -0.1) is 11.3 Å². The van der Waals surface area contributed by atoms with Crippen LogP contribution >= 0.6 is 11.3 Å². The van der Waals surface area contributed by atoms with Crippen molar-refractivity contribution in [3.8, 4) is 17.0 Å². The summed E-state index contributed by atoms with van der Waals surface area (Å²) in [5.74, 6) is -2.50. The fourth-order valence-corrected chi connectivity index (χ4v) is 3.18. The van der Waals surface area contributed by atoms with Gasteiger partial charge < -0.3 is 4.74 Å². The Bertz CT molecular complexity index is 974. The van der Waals surface area contributed by atoms with Crippen LogP contribution in [0.25, 0.3) is 11.3 Å². The summed E-state index contributed by atoms with van der Waals surface area (Å²) in [6.07, 6.45) is 0. The molecule has 0 saturated heterocycles. The van der Waals surface area contributed by atoms with Crippen molar-refractivity contribution in [2.75, 3.05) is 5.32 Å². The van der Waals surface area contributed by atoms with E-state index >= 15 is 0 Å². The van der Waals surface area contributed by atoms with E-state index < -0.39 is 24.2 Å². The van der Waals surface area contributed by atoms with Crippen LogP contribution in [0.3, 0.4) is 0 Å². The van der Waals surface area contributed by atoms with E-state index in [0.29, 0.717) is 17.3 Å². The topological polar surface area (TPSA) is 51.2 Å². The van der Waals surface area contributed by atoms with Crippen LogP contribution < -0.4 is 10.1 Å². The molecule has 0 fully saturated rings. The Balaban J connectivity index is 1.79. The van der Waals surface area contributed by atoms with Crippen LogP contribution in [0.1, 0.15) is 15.2 Å². The van der Waals surface area contributed by atoms with Crippen LogP contribution in [0.4, 0.5) is 22.7 Å². The number of alkyl halides is 2. The van der Waals surface area contributed by atoms with Gasteiger partial charge in [-0.25, -0.2) is 13.8 Å². The SMILES string of the molecule is Cc1sc(NC(=O)c2ccc(F)cc2F)nc1-c1ccc(OC(F)F)cc1. The van der Waals surface area contributed by atoms with Crippen molar-refractivity contribution in [3.05, 3.63) is 64.5 Å². The van der Waals surface area contributed by atoms with Crippen molar-refractivity contribution >= 4 is 22.4 Å². The summed E-state index contributed by atoms with van der Waals surface area (Å²) >= 11 is 1.17. The summed E-state index contributed by atoms with van der Waals surface area (Å²) in [6, 6.07) is 8.54. The molecule has 1 aromatic heterocycles. The van der Waals surface area contributed by atoms with Crippen molar-refractivity contribution < 1.29 is 27.1 Å². The lowest BCUT2D eigenvalue weighted by Gasteiger charge is -2.05. The Morgan fingerprint density at radius 2 is 1.85 bits per heavy atom. The first-order chi connectivity index (χ1) is 12.8. The second-order valence-corrected chi connectivity index (χ2v) is 6.61. The van der Waals surface area contributed by atoms with Gasteiger partial charge in [-0.3, -0.25) is 10.1 Å². The van der Waals surface area contributed by atoms with Gasteiger partial charge in [0.2, 0.25) is 0 Å². The number of halogens is 4. The van der Waals surface area contributed by atoms with Crippen LogP contribution in [-0.4, -0.2) is 17.5 Å². The summed E-state index contributed by atoms with van der Waals surface area (Å²) < 4.78 is 55.3. The number of nitrogens with one attached hydrogen (secondary N) is 1. The van der Waals surface area contributed by atoms with Gasteiger partial charge in [0, 0.05) is 16.5 Å². The van der Waals surface area contributed by atoms with E-state index in [1.54, 1.807) is 19.1 Å². The quantitative estimate of drug-likeness (QED) is 0.600. The van der Waals surface area contributed by atoms with Gasteiger partial charge in [-0.1, -0.05) is 0 Å². The van der Waals surface area contributed by atoms with Crippen molar-refractivity contribution in [2.24, 2.45) is 0 Å². The van der Waals surface area contributed by atoms with Crippen LogP contribution in [0.15, 0.2) is 42.5 Å². The van der Waals surface area contributed by atoms with Crippen molar-refractivity contribution in [1.82, 2.24) is 4.98 Å². The number of hydrogen-bond acceptors (Lipinski definition) is 4. The highest BCUT2D eigenvalue weighted by Gasteiger charge is 2.16. The molecule has 9 heteroatoms. The molecule has 0 atom stereocenters. The van der Waals surface area contributed by atoms with Crippen molar-refractivity contribution in [2.45, 2.75) is 13.5 Å². The Labute approximate surface area is 155 Å². The summed E-state index contributed by atoms with van der Waals surface area (Å²) in [6.45, 7) is -1.14. The van der Waals surface area contributed by atoms with Gasteiger partial charge in [0.15, 0.2) is 5.13 Å². The molecule has 3 aromatic rings. The largest absolute Gasteiger partial charge is 0.435 e. The molecule has 0 bridgehead atoms. The highest BCUT2D eigenvalue weighted by Crippen LogP contribution is 2.31. The molecule has 0 aliphatic heterocycles. The fourth-order valence-electron chi connectivity index (χ4n) is 2.35. The maximum Gasteiger partial charge on any atom is 0.387 e. The molecule has 0 saturated carbocycles. The molecule has 0 aliphatic carbocycles. The number of hydrogen-bond donors (Lipinski definition) is 1. The maximum absolute atomic E-state index is 13.7. The average Bonchev–Trinajstić information content (AvgIpc) is 2.95. The second-order valence-electron chi connectivity index (χ2n) is 5.40. The third-order valence-electron chi connectivity index (χ3n) is 3.55. The lowest BCUT2D eigenvalue weighted by Crippen LogP contribution is -2.13. The summed E-state index contributed by atoms with van der Waals surface area (Å²) in [4.78, 5) is 17.2. The zero-order valence-corrected chi connectivity index (χ0v) is 14.6. The molecule has 4 nitrogen and oxygen atoms in total. The molecule has 1 amide bonds. The number of ether oxygens (including phenoxy) is 1. The van der Waals surface area contributed by atoms with Gasteiger partial charge in [-0.05, 0) is 43.3 Å². The number of carbonyl (C=O) groups is 1. The van der Waals surface area contributed by atoms with E-state index in [1.807, 2.05) is 0 Å². The molecule has 140 valence electrons. The average molecular weight is 396 g/mol. The van der Waals surface area contributed by atoms with E-state index in [0.717, 1.165) is 17.0 Å². The lowest BCUT2D eigenvalue weighted by molar-refractivity contribution is -0.0498. The van der Waals surface area contributed by atoms with E-state index in [1.165, 1.54) is 23.5 Å². The van der Waals surface area contributed by atoms with Crippen LogP contribution in [0.5, 0.6) is 5.75 Å². The minimum absolute atomic E-state index is 0.0157. The standard InChI is InChI=1S/C18H12F4N2O2S/c1-9-15(10-2-5-12(6-3-10)26-17(21)22)23-18(27-9)24-16(25)13-7-4-11(19)8-14(13)20/h2-8,17H,1H3,(H,23,24,25). The molecule has 3 rings (SSSR count). The van der Waals surface area contributed by atoms with E-state index in [4.69, 9.17) is 0 Å². The number of rotatable bonds is 5. The fraction of sp³-hybridized carbons (Fsp3) is 0.111. The molecule has 0 spiro atoms. The number of anilines is 1. The number of benzene rings is 2. The number of thiazole rings is 1. The van der Waals surface area contributed by atoms with Crippen molar-refractivity contribution in [3.63, 3.8) is 0 Å². The minimum atomic E-state index is -2.91. The molecule has 27 heavy (non-hydrogen) atoms.